The van der Waals surface area contributed by atoms with Crippen molar-refractivity contribution in [2.75, 3.05) is 20.8 Å². The minimum absolute atomic E-state index is 0.0751. The predicted molar refractivity (Wildman–Crippen MR) is 129 cm³/mol. The van der Waals surface area contributed by atoms with E-state index in [9.17, 15) is 4.79 Å². The van der Waals surface area contributed by atoms with Crippen molar-refractivity contribution in [3.05, 3.63) is 70.2 Å². The number of hydrogen-bond acceptors (Lipinski definition) is 6. The number of nitrogens with zero attached hydrogens (tertiary/aromatic N) is 2. The summed E-state index contributed by atoms with van der Waals surface area (Å²) in [7, 11) is 3.29. The van der Waals surface area contributed by atoms with Gasteiger partial charge in [0.15, 0.2) is 11.5 Å². The maximum atomic E-state index is 13.4. The summed E-state index contributed by atoms with van der Waals surface area (Å²) in [4.78, 5) is 19.7. The Bertz CT molecular complexity index is 1050. The lowest BCUT2D eigenvalue weighted by molar-refractivity contribution is 0.0601. The van der Waals surface area contributed by atoms with Gasteiger partial charge in [0.2, 0.25) is 0 Å². The smallest absolute Gasteiger partial charge is 0.254 e. The van der Waals surface area contributed by atoms with E-state index in [0.717, 1.165) is 55.8 Å². The van der Waals surface area contributed by atoms with Crippen molar-refractivity contribution >= 4 is 17.2 Å². The number of carbonyl (C=O) groups excluding carboxylic acids is 1. The van der Waals surface area contributed by atoms with Gasteiger partial charge in [-0.3, -0.25) is 4.79 Å². The van der Waals surface area contributed by atoms with Crippen LogP contribution >= 0.6 is 11.3 Å². The molecule has 1 aromatic heterocycles. The molecule has 0 bridgehead atoms. The molecule has 1 saturated heterocycles. The quantitative estimate of drug-likeness (QED) is 0.424. The molecule has 0 N–H and O–H groups in total. The second-order valence-corrected chi connectivity index (χ2v) is 8.89. The molecule has 1 aliphatic rings. The average Bonchev–Trinajstić information content (AvgIpc) is 3.40. The molecule has 174 valence electrons. The largest absolute Gasteiger partial charge is 0.493 e. The first-order chi connectivity index (χ1) is 16.2. The van der Waals surface area contributed by atoms with E-state index in [1.165, 1.54) is 5.56 Å². The summed E-state index contributed by atoms with van der Waals surface area (Å²) < 4.78 is 16.6. The number of benzene rings is 2. The number of thiazole rings is 1. The van der Waals surface area contributed by atoms with Gasteiger partial charge in [-0.2, -0.15) is 0 Å². The highest BCUT2D eigenvalue weighted by Crippen LogP contribution is 2.30. The van der Waals surface area contributed by atoms with E-state index >= 15 is 0 Å². The molecule has 6 nitrogen and oxygen atoms in total. The Labute approximate surface area is 199 Å². The van der Waals surface area contributed by atoms with Gasteiger partial charge >= 0.3 is 0 Å². The third kappa shape index (κ3) is 5.85. The summed E-state index contributed by atoms with van der Waals surface area (Å²) in [6.45, 7) is 1.19. The molecule has 1 amide bonds. The van der Waals surface area contributed by atoms with Crippen LogP contribution in [0.3, 0.4) is 0 Å². The molecular formula is C26H30N2O4S. The molecule has 2 heterocycles. The van der Waals surface area contributed by atoms with Gasteiger partial charge in [-0.05, 0) is 68.0 Å². The molecule has 0 radical (unpaired) electrons. The molecule has 1 unspecified atom stereocenters. The minimum atomic E-state index is 0.0751. The standard InChI is InChI=1S/C26H30N2O4S/c1-30-24-12-10-19(14-25(24)31-2)9-11-22-7-3-4-13-28(22)26(29)20-6-5-8-23(15-20)32-16-21-17-33-18-27-21/h5-6,8,10,12,14-15,17-18,22H,3-4,7,9,11,13,16H2,1-2H3. The highest BCUT2D eigenvalue weighted by molar-refractivity contribution is 7.07. The number of aromatic nitrogens is 1. The lowest BCUT2D eigenvalue weighted by Crippen LogP contribution is -2.44. The molecular weight excluding hydrogens is 436 g/mol. The number of methoxy groups -OCH3 is 2. The lowest BCUT2D eigenvalue weighted by atomic mass is 9.95. The Morgan fingerprint density at radius 2 is 2.00 bits per heavy atom. The van der Waals surface area contributed by atoms with Crippen molar-refractivity contribution in [2.45, 2.75) is 44.8 Å². The van der Waals surface area contributed by atoms with Crippen LogP contribution in [0, 0.1) is 0 Å². The zero-order valence-corrected chi connectivity index (χ0v) is 20.0. The Kier molecular flexibility index (Phi) is 7.83. The molecule has 4 rings (SSSR count). The fourth-order valence-electron chi connectivity index (χ4n) is 4.29. The molecule has 1 atom stereocenters. The van der Waals surface area contributed by atoms with Crippen LogP contribution in [0.15, 0.2) is 53.4 Å². The molecule has 1 fully saturated rings. The highest BCUT2D eigenvalue weighted by Gasteiger charge is 2.27. The maximum absolute atomic E-state index is 13.4. The predicted octanol–water partition coefficient (Wildman–Crippen LogP) is 5.37. The third-order valence-corrected chi connectivity index (χ3v) is 6.69. The molecule has 0 aliphatic carbocycles. The van der Waals surface area contributed by atoms with E-state index in [-0.39, 0.29) is 11.9 Å². The van der Waals surface area contributed by atoms with Gasteiger partial charge in [0.25, 0.3) is 5.91 Å². The number of piperidine rings is 1. The summed E-state index contributed by atoms with van der Waals surface area (Å²) in [5.41, 5.74) is 4.53. The molecule has 0 spiro atoms. The van der Waals surface area contributed by atoms with Gasteiger partial charge in [-0.1, -0.05) is 12.1 Å². The number of carbonyl (C=O) groups is 1. The van der Waals surface area contributed by atoms with Crippen LogP contribution in [-0.4, -0.2) is 42.6 Å². The van der Waals surface area contributed by atoms with E-state index in [2.05, 4.69) is 11.1 Å². The van der Waals surface area contributed by atoms with E-state index in [4.69, 9.17) is 14.2 Å². The van der Waals surface area contributed by atoms with Crippen molar-refractivity contribution in [1.82, 2.24) is 9.88 Å². The maximum Gasteiger partial charge on any atom is 0.254 e. The van der Waals surface area contributed by atoms with E-state index in [1.807, 2.05) is 46.7 Å². The van der Waals surface area contributed by atoms with Crippen LogP contribution in [0.2, 0.25) is 0 Å². The zero-order chi connectivity index (χ0) is 23.0. The van der Waals surface area contributed by atoms with Gasteiger partial charge in [0.1, 0.15) is 12.4 Å². The van der Waals surface area contributed by atoms with Crippen LogP contribution in [0.1, 0.15) is 47.3 Å². The topological polar surface area (TPSA) is 60.9 Å². The fourth-order valence-corrected chi connectivity index (χ4v) is 4.83. The highest BCUT2D eigenvalue weighted by atomic mass is 32.1. The molecule has 0 saturated carbocycles. The van der Waals surface area contributed by atoms with Crippen LogP contribution in [0.5, 0.6) is 17.2 Å². The number of amides is 1. The van der Waals surface area contributed by atoms with E-state index in [0.29, 0.717) is 17.9 Å². The monoisotopic (exact) mass is 466 g/mol. The number of likely N-dealkylation sites (tertiary alicyclic amines) is 1. The third-order valence-electron chi connectivity index (χ3n) is 6.05. The Morgan fingerprint density at radius 3 is 2.79 bits per heavy atom. The molecule has 3 aromatic rings. The van der Waals surface area contributed by atoms with Crippen molar-refractivity contribution in [2.24, 2.45) is 0 Å². The number of hydrogen-bond donors (Lipinski definition) is 0. The molecule has 33 heavy (non-hydrogen) atoms. The fraction of sp³-hybridized carbons (Fsp3) is 0.385. The first-order valence-electron chi connectivity index (χ1n) is 11.3. The molecule has 2 aromatic carbocycles. The summed E-state index contributed by atoms with van der Waals surface area (Å²) in [6, 6.07) is 13.7. The summed E-state index contributed by atoms with van der Waals surface area (Å²) >= 11 is 1.54. The van der Waals surface area contributed by atoms with Crippen LogP contribution in [-0.2, 0) is 13.0 Å². The summed E-state index contributed by atoms with van der Waals surface area (Å²) in [5.74, 6) is 2.23. The first-order valence-corrected chi connectivity index (χ1v) is 12.2. The van der Waals surface area contributed by atoms with Gasteiger partial charge < -0.3 is 19.1 Å². The van der Waals surface area contributed by atoms with Crippen molar-refractivity contribution in [3.63, 3.8) is 0 Å². The number of rotatable bonds is 9. The second-order valence-electron chi connectivity index (χ2n) is 8.17. The molecule has 7 heteroatoms. The van der Waals surface area contributed by atoms with Crippen molar-refractivity contribution in [3.8, 4) is 17.2 Å². The van der Waals surface area contributed by atoms with Gasteiger partial charge in [-0.15, -0.1) is 11.3 Å². The van der Waals surface area contributed by atoms with Crippen molar-refractivity contribution < 1.29 is 19.0 Å². The molecule has 1 aliphatic heterocycles. The van der Waals surface area contributed by atoms with Crippen LogP contribution in [0.4, 0.5) is 0 Å². The Morgan fingerprint density at radius 1 is 1.12 bits per heavy atom. The average molecular weight is 467 g/mol. The van der Waals surface area contributed by atoms with Crippen LogP contribution in [0.25, 0.3) is 0 Å². The zero-order valence-electron chi connectivity index (χ0n) is 19.2. The Balaban J connectivity index is 1.41. The van der Waals surface area contributed by atoms with Crippen molar-refractivity contribution in [1.29, 1.82) is 0 Å². The Hall–Kier alpha value is -3.06. The summed E-state index contributed by atoms with van der Waals surface area (Å²) in [5, 5.41) is 1.96. The lowest BCUT2D eigenvalue weighted by Gasteiger charge is -2.36. The van der Waals surface area contributed by atoms with E-state index in [1.54, 1.807) is 31.1 Å². The minimum Gasteiger partial charge on any atom is -0.493 e. The number of aryl methyl sites for hydroxylation is 1. The normalized spacial score (nSPS) is 15.8. The summed E-state index contributed by atoms with van der Waals surface area (Å²) in [6.07, 6.45) is 5.02. The first kappa shape index (κ1) is 23.1. The van der Waals surface area contributed by atoms with E-state index < -0.39 is 0 Å². The van der Waals surface area contributed by atoms with Crippen LogP contribution < -0.4 is 14.2 Å². The van der Waals surface area contributed by atoms with Gasteiger partial charge in [-0.25, -0.2) is 4.98 Å². The van der Waals surface area contributed by atoms with Gasteiger partial charge in [0, 0.05) is 23.5 Å². The van der Waals surface area contributed by atoms with Gasteiger partial charge in [0.05, 0.1) is 25.4 Å². The SMILES string of the molecule is COc1ccc(CCC2CCCCN2C(=O)c2cccc(OCc3cscn3)c2)cc1OC. The number of ether oxygens (including phenoxy) is 3. The second kappa shape index (κ2) is 11.2.